The van der Waals surface area contributed by atoms with Gasteiger partial charge in [-0.05, 0) is 25.7 Å². The van der Waals surface area contributed by atoms with Gasteiger partial charge in [0, 0.05) is 6.04 Å². The summed E-state index contributed by atoms with van der Waals surface area (Å²) in [5.74, 6) is -0.831. The number of rotatable bonds is 7. The number of nitrogens with two attached hydrogens (primary N) is 1. The number of nitrogens with zero attached hydrogens (tertiary/aromatic N) is 1. The van der Waals surface area contributed by atoms with Crippen molar-refractivity contribution in [2.45, 2.75) is 45.7 Å². The Morgan fingerprint density at radius 3 is 2.35 bits per heavy atom. The number of hydrogen-bond acceptors (Lipinski definition) is 4. The predicted molar refractivity (Wildman–Crippen MR) is 72.7 cm³/mol. The van der Waals surface area contributed by atoms with E-state index in [1.54, 1.807) is 6.92 Å². The van der Waals surface area contributed by atoms with E-state index in [0.29, 0.717) is 0 Å². The third kappa shape index (κ3) is 4.71. The molecule has 0 aliphatic heterocycles. The summed E-state index contributed by atoms with van der Waals surface area (Å²) in [5.41, 5.74) is 5.10. The summed E-state index contributed by atoms with van der Waals surface area (Å²) in [4.78, 5) is 36.6. The lowest BCUT2D eigenvalue weighted by Gasteiger charge is -2.28. The van der Waals surface area contributed by atoms with Gasteiger partial charge in [-0.15, -0.1) is 0 Å². The molecule has 1 unspecified atom stereocenters. The zero-order chi connectivity index (χ0) is 15.3. The topological polar surface area (TPSA) is 102 Å². The van der Waals surface area contributed by atoms with Crippen LogP contribution in [0.5, 0.6) is 0 Å². The van der Waals surface area contributed by atoms with Gasteiger partial charge >= 0.3 is 12.0 Å². The summed E-state index contributed by atoms with van der Waals surface area (Å²) in [7, 11) is 0. The molecule has 7 nitrogen and oxygen atoms in total. The van der Waals surface area contributed by atoms with Gasteiger partial charge in [0.1, 0.15) is 12.6 Å². The van der Waals surface area contributed by atoms with E-state index in [2.05, 4.69) is 5.32 Å². The van der Waals surface area contributed by atoms with Crippen LogP contribution in [0, 0.1) is 5.92 Å². The van der Waals surface area contributed by atoms with E-state index in [1.165, 1.54) is 4.90 Å². The Balaban J connectivity index is 2.75. The van der Waals surface area contributed by atoms with E-state index in [1.807, 2.05) is 13.8 Å². The van der Waals surface area contributed by atoms with Crippen LogP contribution in [-0.4, -0.2) is 48.0 Å². The highest BCUT2D eigenvalue weighted by Crippen LogP contribution is 2.28. The van der Waals surface area contributed by atoms with E-state index < -0.39 is 18.0 Å². The molecule has 0 radical (unpaired) electrons. The lowest BCUT2D eigenvalue weighted by Crippen LogP contribution is -2.54. The standard InChI is InChI=1S/C13H23N3O4/c1-4-20-10(17)7-16(9-5-6-9)12(18)11(8(2)3)15-13(14)19/h8-9,11H,4-7H2,1-3H3,(H3,14,15,19). The highest BCUT2D eigenvalue weighted by atomic mass is 16.5. The maximum atomic E-state index is 12.5. The van der Waals surface area contributed by atoms with E-state index in [9.17, 15) is 14.4 Å². The van der Waals surface area contributed by atoms with E-state index in [0.717, 1.165) is 12.8 Å². The van der Waals surface area contributed by atoms with Crippen molar-refractivity contribution in [3.05, 3.63) is 0 Å². The number of amides is 3. The first-order valence-electron chi connectivity index (χ1n) is 6.88. The minimum Gasteiger partial charge on any atom is -0.465 e. The first-order valence-corrected chi connectivity index (χ1v) is 6.88. The Hall–Kier alpha value is -1.79. The summed E-state index contributed by atoms with van der Waals surface area (Å²) < 4.78 is 4.88. The Morgan fingerprint density at radius 2 is 1.95 bits per heavy atom. The van der Waals surface area contributed by atoms with E-state index >= 15 is 0 Å². The fourth-order valence-corrected chi connectivity index (χ4v) is 1.96. The van der Waals surface area contributed by atoms with Crippen LogP contribution in [0.2, 0.25) is 0 Å². The molecular weight excluding hydrogens is 262 g/mol. The molecule has 0 aromatic heterocycles. The number of carbonyl (C=O) groups is 3. The molecule has 3 N–H and O–H groups in total. The summed E-state index contributed by atoms with van der Waals surface area (Å²) in [6.07, 6.45) is 1.74. The van der Waals surface area contributed by atoms with Gasteiger partial charge in [0.25, 0.3) is 0 Å². The molecule has 1 fully saturated rings. The van der Waals surface area contributed by atoms with Crippen LogP contribution in [0.3, 0.4) is 0 Å². The lowest BCUT2D eigenvalue weighted by molar-refractivity contribution is -0.150. The van der Waals surface area contributed by atoms with Crippen molar-refractivity contribution in [2.24, 2.45) is 11.7 Å². The van der Waals surface area contributed by atoms with Crippen molar-refractivity contribution in [2.75, 3.05) is 13.2 Å². The van der Waals surface area contributed by atoms with Crippen LogP contribution in [0.15, 0.2) is 0 Å². The molecule has 1 aliphatic carbocycles. The normalized spacial score (nSPS) is 15.6. The lowest BCUT2D eigenvalue weighted by atomic mass is 10.0. The number of hydrogen-bond donors (Lipinski definition) is 2. The molecule has 0 saturated heterocycles. The molecule has 0 spiro atoms. The molecule has 1 saturated carbocycles. The van der Waals surface area contributed by atoms with Crippen LogP contribution in [0.4, 0.5) is 4.79 Å². The Bertz CT molecular complexity index is 380. The molecule has 0 aromatic carbocycles. The molecule has 3 amide bonds. The van der Waals surface area contributed by atoms with Gasteiger partial charge in [0.05, 0.1) is 6.61 Å². The molecule has 1 atom stereocenters. The zero-order valence-corrected chi connectivity index (χ0v) is 12.2. The molecule has 0 heterocycles. The van der Waals surface area contributed by atoms with Crippen molar-refractivity contribution in [1.29, 1.82) is 0 Å². The van der Waals surface area contributed by atoms with Crippen LogP contribution < -0.4 is 11.1 Å². The maximum absolute atomic E-state index is 12.5. The molecular formula is C13H23N3O4. The number of ether oxygens (including phenoxy) is 1. The van der Waals surface area contributed by atoms with Gasteiger partial charge in [-0.3, -0.25) is 9.59 Å². The highest BCUT2D eigenvalue weighted by Gasteiger charge is 2.38. The largest absolute Gasteiger partial charge is 0.465 e. The summed E-state index contributed by atoms with van der Waals surface area (Å²) in [6, 6.07) is -1.41. The molecule has 1 aliphatic rings. The number of esters is 1. The van der Waals surface area contributed by atoms with Crippen molar-refractivity contribution in [1.82, 2.24) is 10.2 Å². The van der Waals surface area contributed by atoms with Crippen molar-refractivity contribution in [3.63, 3.8) is 0 Å². The summed E-state index contributed by atoms with van der Waals surface area (Å²) in [6.45, 7) is 5.54. The molecule has 0 bridgehead atoms. The van der Waals surface area contributed by atoms with Crippen molar-refractivity contribution in [3.8, 4) is 0 Å². The first kappa shape index (κ1) is 16.3. The molecule has 20 heavy (non-hydrogen) atoms. The van der Waals surface area contributed by atoms with Gasteiger partial charge in [-0.1, -0.05) is 13.8 Å². The molecule has 1 rings (SSSR count). The van der Waals surface area contributed by atoms with Gasteiger partial charge in [-0.25, -0.2) is 4.79 Å². The Kier molecular flexibility index (Phi) is 5.79. The van der Waals surface area contributed by atoms with E-state index in [-0.39, 0.29) is 31.0 Å². The third-order valence-corrected chi connectivity index (χ3v) is 3.11. The second kappa shape index (κ2) is 7.12. The van der Waals surface area contributed by atoms with Gasteiger partial charge in [0.2, 0.25) is 5.91 Å². The van der Waals surface area contributed by atoms with Gasteiger partial charge < -0.3 is 20.7 Å². The smallest absolute Gasteiger partial charge is 0.325 e. The number of urea groups is 1. The van der Waals surface area contributed by atoms with Gasteiger partial charge in [-0.2, -0.15) is 0 Å². The van der Waals surface area contributed by atoms with Crippen LogP contribution in [0.25, 0.3) is 0 Å². The van der Waals surface area contributed by atoms with Crippen molar-refractivity contribution >= 4 is 17.9 Å². The quantitative estimate of drug-likeness (QED) is 0.654. The van der Waals surface area contributed by atoms with Crippen molar-refractivity contribution < 1.29 is 19.1 Å². The minimum absolute atomic E-state index is 0.0582. The number of carbonyl (C=O) groups excluding carboxylic acids is 3. The first-order chi connectivity index (χ1) is 9.36. The van der Waals surface area contributed by atoms with Gasteiger partial charge in [0.15, 0.2) is 0 Å². The van der Waals surface area contributed by atoms with E-state index in [4.69, 9.17) is 10.5 Å². The van der Waals surface area contributed by atoms with Crippen LogP contribution in [0.1, 0.15) is 33.6 Å². The predicted octanol–water partition coefficient (Wildman–Crippen LogP) is 0.233. The zero-order valence-electron chi connectivity index (χ0n) is 12.2. The Labute approximate surface area is 118 Å². The summed E-state index contributed by atoms with van der Waals surface area (Å²) in [5, 5.41) is 2.44. The molecule has 114 valence electrons. The third-order valence-electron chi connectivity index (χ3n) is 3.11. The highest BCUT2D eigenvalue weighted by molar-refractivity contribution is 5.89. The second-order valence-electron chi connectivity index (χ2n) is 5.23. The molecule has 7 heteroatoms. The number of primary amides is 1. The average Bonchev–Trinajstić information content (AvgIpc) is 3.16. The maximum Gasteiger partial charge on any atom is 0.325 e. The van der Waals surface area contributed by atoms with Crippen LogP contribution >= 0.6 is 0 Å². The monoisotopic (exact) mass is 285 g/mol. The minimum atomic E-state index is -0.746. The molecule has 0 aromatic rings. The Morgan fingerprint density at radius 1 is 1.35 bits per heavy atom. The second-order valence-corrected chi connectivity index (χ2v) is 5.23. The average molecular weight is 285 g/mol. The fraction of sp³-hybridized carbons (Fsp3) is 0.769. The number of nitrogens with one attached hydrogen (secondary N) is 1. The SMILES string of the molecule is CCOC(=O)CN(C(=O)C(NC(N)=O)C(C)C)C1CC1. The fourth-order valence-electron chi connectivity index (χ4n) is 1.96. The van der Waals surface area contributed by atoms with Crippen LogP contribution in [-0.2, 0) is 14.3 Å². The summed E-state index contributed by atoms with van der Waals surface area (Å²) >= 11 is 0.